The van der Waals surface area contributed by atoms with Crippen LogP contribution in [0.2, 0.25) is 0 Å². The van der Waals surface area contributed by atoms with E-state index in [1.165, 1.54) is 7.05 Å². The average molecular weight is 190 g/mol. The molecule has 0 aliphatic heterocycles. The van der Waals surface area contributed by atoms with Crippen molar-refractivity contribution in [2.45, 2.75) is 6.43 Å². The maximum Gasteiger partial charge on any atom is 0.317 e. The summed E-state index contributed by atoms with van der Waals surface area (Å²) in [4.78, 5) is 10.4. The number of carbonyl (C=O) groups is 1. The summed E-state index contributed by atoms with van der Waals surface area (Å²) in [6.45, 7) is 0. The molecule has 0 atom stereocenters. The number of primary amides is 1. The summed E-state index contributed by atoms with van der Waals surface area (Å²) in [7, 11) is 1.43. The molecule has 2 amide bonds. The Morgan fingerprint density at radius 2 is 2.38 bits per heavy atom. The van der Waals surface area contributed by atoms with E-state index in [9.17, 15) is 13.6 Å². The second kappa shape index (κ2) is 3.38. The van der Waals surface area contributed by atoms with E-state index in [2.05, 4.69) is 10.4 Å². The molecule has 3 N–H and O–H groups in total. The van der Waals surface area contributed by atoms with Crippen LogP contribution in [0.15, 0.2) is 6.07 Å². The molecule has 1 aromatic heterocycles. The Labute approximate surface area is 72.5 Å². The second-order valence-corrected chi connectivity index (χ2v) is 2.37. The Kier molecular flexibility index (Phi) is 2.45. The van der Waals surface area contributed by atoms with Gasteiger partial charge in [0, 0.05) is 13.1 Å². The number of carbonyl (C=O) groups excluding carboxylic acids is 1. The van der Waals surface area contributed by atoms with Crippen molar-refractivity contribution in [1.82, 2.24) is 9.78 Å². The van der Waals surface area contributed by atoms with Crippen LogP contribution in [0.25, 0.3) is 0 Å². The van der Waals surface area contributed by atoms with E-state index < -0.39 is 18.2 Å². The molecule has 7 heteroatoms. The monoisotopic (exact) mass is 190 g/mol. The van der Waals surface area contributed by atoms with Gasteiger partial charge in [-0.15, -0.1) is 0 Å². The van der Waals surface area contributed by atoms with Crippen molar-refractivity contribution < 1.29 is 13.6 Å². The fraction of sp³-hybridized carbons (Fsp3) is 0.333. The predicted octanol–water partition coefficient (Wildman–Crippen LogP) is 0.848. The van der Waals surface area contributed by atoms with Gasteiger partial charge in [-0.1, -0.05) is 0 Å². The number of hydrogen-bond acceptors (Lipinski definition) is 2. The molecule has 1 aromatic rings. The summed E-state index contributed by atoms with van der Waals surface area (Å²) < 4.78 is 25.3. The summed E-state index contributed by atoms with van der Waals surface area (Å²) >= 11 is 0. The average Bonchev–Trinajstić information content (AvgIpc) is 2.31. The number of halogens is 2. The Morgan fingerprint density at radius 1 is 1.77 bits per heavy atom. The van der Waals surface area contributed by atoms with Crippen LogP contribution in [-0.2, 0) is 7.05 Å². The van der Waals surface area contributed by atoms with Gasteiger partial charge in [0.1, 0.15) is 11.5 Å². The van der Waals surface area contributed by atoms with Crippen molar-refractivity contribution in [1.29, 1.82) is 0 Å². The Bertz CT molecular complexity index is 322. The van der Waals surface area contributed by atoms with E-state index in [4.69, 9.17) is 5.73 Å². The first-order valence-corrected chi connectivity index (χ1v) is 3.39. The number of urea groups is 1. The minimum absolute atomic E-state index is 0.141. The standard InChI is InChI=1S/C6H8F2N4O/c1-12-4(10-6(9)13)2-3(11-12)5(7)8/h2,5H,1H3,(H3,9,10,13). The number of nitrogens with two attached hydrogens (primary N) is 1. The molecule has 0 spiro atoms. The van der Waals surface area contributed by atoms with Gasteiger partial charge in [-0.2, -0.15) is 5.10 Å². The first-order valence-electron chi connectivity index (χ1n) is 3.39. The Balaban J connectivity index is 2.89. The number of rotatable bonds is 2. The topological polar surface area (TPSA) is 72.9 Å². The molecule has 72 valence electrons. The summed E-state index contributed by atoms with van der Waals surface area (Å²) in [5.74, 6) is 0.141. The molecule has 0 saturated carbocycles. The van der Waals surface area contributed by atoms with Crippen LogP contribution in [0, 0.1) is 0 Å². The van der Waals surface area contributed by atoms with Crippen LogP contribution < -0.4 is 11.1 Å². The molecule has 13 heavy (non-hydrogen) atoms. The summed E-state index contributed by atoms with van der Waals surface area (Å²) in [6.07, 6.45) is -2.66. The third kappa shape index (κ3) is 2.14. The minimum Gasteiger partial charge on any atom is -0.351 e. The number of nitrogens with zero attached hydrogens (tertiary/aromatic N) is 2. The molecule has 5 nitrogen and oxygen atoms in total. The highest BCUT2D eigenvalue weighted by Crippen LogP contribution is 2.19. The van der Waals surface area contributed by atoms with Crippen LogP contribution in [0.3, 0.4) is 0 Å². The molecule has 0 unspecified atom stereocenters. The van der Waals surface area contributed by atoms with Gasteiger partial charge in [0.25, 0.3) is 6.43 Å². The lowest BCUT2D eigenvalue weighted by Gasteiger charge is -1.99. The zero-order valence-electron chi connectivity index (χ0n) is 6.79. The van der Waals surface area contributed by atoms with Gasteiger partial charge in [-0.25, -0.2) is 13.6 Å². The van der Waals surface area contributed by atoms with Crippen LogP contribution >= 0.6 is 0 Å². The number of nitrogens with one attached hydrogen (secondary N) is 1. The lowest BCUT2D eigenvalue weighted by atomic mass is 10.4. The molecule has 1 heterocycles. The lowest BCUT2D eigenvalue weighted by molar-refractivity contribution is 0.145. The fourth-order valence-corrected chi connectivity index (χ4v) is 0.839. The second-order valence-electron chi connectivity index (χ2n) is 2.37. The number of aromatic nitrogens is 2. The molecule has 1 rings (SSSR count). The molecule has 0 aromatic carbocycles. The van der Waals surface area contributed by atoms with Crippen molar-refractivity contribution >= 4 is 11.8 Å². The highest BCUT2D eigenvalue weighted by Gasteiger charge is 2.14. The normalized spacial score (nSPS) is 10.5. The molecule has 0 fully saturated rings. The molecular formula is C6H8F2N4O. The third-order valence-electron chi connectivity index (χ3n) is 1.37. The van der Waals surface area contributed by atoms with E-state index in [-0.39, 0.29) is 5.82 Å². The van der Waals surface area contributed by atoms with Crippen LogP contribution in [0.1, 0.15) is 12.1 Å². The summed E-state index contributed by atoms with van der Waals surface area (Å²) in [5, 5.41) is 5.61. The van der Waals surface area contributed by atoms with E-state index in [1.54, 1.807) is 0 Å². The molecule has 0 saturated heterocycles. The maximum absolute atomic E-state index is 12.1. The van der Waals surface area contributed by atoms with E-state index in [1.807, 2.05) is 0 Å². The van der Waals surface area contributed by atoms with Crippen LogP contribution in [0.4, 0.5) is 19.4 Å². The molecule has 0 bridgehead atoms. The lowest BCUT2D eigenvalue weighted by Crippen LogP contribution is -2.20. The summed E-state index contributed by atoms with van der Waals surface area (Å²) in [6, 6.07) is 0.249. The van der Waals surface area contributed by atoms with Crippen LogP contribution in [0.5, 0.6) is 0 Å². The maximum atomic E-state index is 12.1. The first-order chi connectivity index (χ1) is 6.00. The van der Waals surface area contributed by atoms with Crippen molar-refractivity contribution in [2.24, 2.45) is 12.8 Å². The largest absolute Gasteiger partial charge is 0.351 e. The molecule has 0 radical (unpaired) electrons. The number of amides is 2. The van der Waals surface area contributed by atoms with Crippen molar-refractivity contribution in [3.8, 4) is 0 Å². The Morgan fingerprint density at radius 3 is 2.77 bits per heavy atom. The van der Waals surface area contributed by atoms with Crippen molar-refractivity contribution in [3.05, 3.63) is 11.8 Å². The van der Waals surface area contributed by atoms with Gasteiger partial charge in [-0.05, 0) is 0 Å². The number of hydrogen-bond donors (Lipinski definition) is 2. The zero-order chi connectivity index (χ0) is 10.0. The van der Waals surface area contributed by atoms with Gasteiger partial charge in [0.15, 0.2) is 0 Å². The minimum atomic E-state index is -2.66. The van der Waals surface area contributed by atoms with Crippen LogP contribution in [-0.4, -0.2) is 15.8 Å². The fourth-order valence-electron chi connectivity index (χ4n) is 0.839. The van der Waals surface area contributed by atoms with E-state index in [0.717, 1.165) is 10.7 Å². The molecule has 0 aliphatic carbocycles. The highest BCUT2D eigenvalue weighted by molar-refractivity contribution is 5.86. The number of alkyl halides is 2. The predicted molar refractivity (Wildman–Crippen MR) is 41.4 cm³/mol. The number of aryl methyl sites for hydroxylation is 1. The number of anilines is 1. The molecular weight excluding hydrogens is 182 g/mol. The SMILES string of the molecule is Cn1nc(C(F)F)cc1NC(N)=O. The van der Waals surface area contributed by atoms with Gasteiger partial charge >= 0.3 is 6.03 Å². The van der Waals surface area contributed by atoms with Gasteiger partial charge in [0.05, 0.1) is 0 Å². The van der Waals surface area contributed by atoms with Gasteiger partial charge in [0.2, 0.25) is 0 Å². The van der Waals surface area contributed by atoms with Gasteiger partial charge < -0.3 is 5.73 Å². The summed E-state index contributed by atoms with van der Waals surface area (Å²) in [5.41, 5.74) is 4.40. The van der Waals surface area contributed by atoms with E-state index in [0.29, 0.717) is 0 Å². The highest BCUT2D eigenvalue weighted by atomic mass is 19.3. The smallest absolute Gasteiger partial charge is 0.317 e. The quantitative estimate of drug-likeness (QED) is 0.725. The zero-order valence-corrected chi connectivity index (χ0v) is 6.79. The van der Waals surface area contributed by atoms with Gasteiger partial charge in [-0.3, -0.25) is 10.00 Å². The first kappa shape index (κ1) is 9.43. The molecule has 0 aliphatic rings. The Hall–Kier alpha value is -1.66. The van der Waals surface area contributed by atoms with Crippen molar-refractivity contribution in [2.75, 3.05) is 5.32 Å². The van der Waals surface area contributed by atoms with E-state index >= 15 is 0 Å². The third-order valence-corrected chi connectivity index (χ3v) is 1.37. The van der Waals surface area contributed by atoms with Crippen molar-refractivity contribution in [3.63, 3.8) is 0 Å².